The molecule has 1 unspecified atom stereocenters. The van der Waals surface area contributed by atoms with E-state index in [0.717, 1.165) is 33.5 Å². The van der Waals surface area contributed by atoms with Gasteiger partial charge in [-0.15, -0.1) is 10.2 Å². The van der Waals surface area contributed by atoms with E-state index >= 15 is 0 Å². The number of rotatable bonds is 3. The van der Waals surface area contributed by atoms with Crippen molar-refractivity contribution in [3.8, 4) is 33.8 Å². The minimum Gasteiger partial charge on any atom is -0.376 e. The highest BCUT2D eigenvalue weighted by Gasteiger charge is 2.45. The summed E-state index contributed by atoms with van der Waals surface area (Å²) in [4.78, 5) is 4.61. The van der Waals surface area contributed by atoms with E-state index in [2.05, 4.69) is 15.2 Å². The number of hydrogen-bond donors (Lipinski definition) is 1. The Bertz CT molecular complexity index is 1390. The van der Waals surface area contributed by atoms with E-state index in [1.54, 1.807) is 6.20 Å². The molecule has 2 heterocycles. The third-order valence-electron chi connectivity index (χ3n) is 6.07. The van der Waals surface area contributed by atoms with E-state index in [9.17, 15) is 5.11 Å². The zero-order valence-electron chi connectivity index (χ0n) is 17.2. The van der Waals surface area contributed by atoms with Crippen LogP contribution >= 0.6 is 0 Å². The molecule has 5 aromatic rings. The van der Waals surface area contributed by atoms with Crippen molar-refractivity contribution in [3.05, 3.63) is 126 Å². The van der Waals surface area contributed by atoms with Gasteiger partial charge in [0.25, 0.3) is 0 Å². The van der Waals surface area contributed by atoms with Gasteiger partial charge in [-0.25, -0.2) is 0 Å². The van der Waals surface area contributed by atoms with E-state index in [-0.39, 0.29) is 0 Å². The first-order chi connectivity index (χ1) is 15.8. The first-order valence-corrected chi connectivity index (χ1v) is 10.5. The van der Waals surface area contributed by atoms with Crippen LogP contribution in [0.15, 0.2) is 109 Å². The predicted molar refractivity (Wildman–Crippen MR) is 125 cm³/mol. The standard InChI is InChI=1S/C28H19N3O/c32-28(22-15-8-7-14-21(22)27-23(28)16-9-17-29-27)24-18-25(19-10-3-1-4-11-19)30-31-26(24)20-12-5-2-6-13-20/h1-18,32H. The second-order valence-electron chi connectivity index (χ2n) is 7.88. The molecular formula is C28H19N3O. The Morgan fingerprint density at radius 1 is 0.562 bits per heavy atom. The van der Waals surface area contributed by atoms with Gasteiger partial charge in [0.1, 0.15) is 5.60 Å². The number of pyridine rings is 1. The average Bonchev–Trinajstić information content (AvgIpc) is 3.14. The topological polar surface area (TPSA) is 58.9 Å². The molecule has 0 bridgehead atoms. The third-order valence-corrected chi connectivity index (χ3v) is 6.07. The highest BCUT2D eigenvalue weighted by Crippen LogP contribution is 2.51. The van der Waals surface area contributed by atoms with Gasteiger partial charge in [0, 0.05) is 39.6 Å². The van der Waals surface area contributed by atoms with Gasteiger partial charge in [0.05, 0.1) is 17.1 Å². The lowest BCUT2D eigenvalue weighted by molar-refractivity contribution is 0.130. The van der Waals surface area contributed by atoms with E-state index in [1.807, 2.05) is 103 Å². The molecule has 32 heavy (non-hydrogen) atoms. The quantitative estimate of drug-likeness (QED) is 0.426. The molecule has 3 aromatic carbocycles. The summed E-state index contributed by atoms with van der Waals surface area (Å²) >= 11 is 0. The Labute approximate surface area is 185 Å². The van der Waals surface area contributed by atoms with Crippen LogP contribution in [0.4, 0.5) is 0 Å². The van der Waals surface area contributed by atoms with Crippen molar-refractivity contribution in [2.45, 2.75) is 5.60 Å². The minimum absolute atomic E-state index is 0.652. The molecule has 6 rings (SSSR count). The van der Waals surface area contributed by atoms with Gasteiger partial charge in [-0.2, -0.15) is 0 Å². The molecule has 1 N–H and O–H groups in total. The Morgan fingerprint density at radius 2 is 1.22 bits per heavy atom. The van der Waals surface area contributed by atoms with Crippen molar-refractivity contribution in [2.24, 2.45) is 0 Å². The number of nitrogens with zero attached hydrogens (tertiary/aromatic N) is 3. The van der Waals surface area contributed by atoms with Gasteiger partial charge in [0.2, 0.25) is 0 Å². The molecular weight excluding hydrogens is 394 g/mol. The van der Waals surface area contributed by atoms with Crippen molar-refractivity contribution in [3.63, 3.8) is 0 Å². The second kappa shape index (κ2) is 7.22. The molecule has 152 valence electrons. The molecule has 0 aliphatic heterocycles. The maximum absolute atomic E-state index is 12.5. The van der Waals surface area contributed by atoms with E-state index in [1.165, 1.54) is 0 Å². The Balaban J connectivity index is 1.69. The lowest BCUT2D eigenvalue weighted by Gasteiger charge is -2.28. The molecule has 0 fully saturated rings. The molecule has 4 heteroatoms. The molecule has 1 atom stereocenters. The SMILES string of the molecule is OC1(c2cc(-c3ccccc3)nnc2-c2ccccc2)c2ccccc2-c2ncccc21. The Hall–Kier alpha value is -4.15. The normalized spacial score (nSPS) is 16.4. The summed E-state index contributed by atoms with van der Waals surface area (Å²) < 4.78 is 0. The fourth-order valence-electron chi connectivity index (χ4n) is 4.58. The summed E-state index contributed by atoms with van der Waals surface area (Å²) in [6.07, 6.45) is 1.76. The van der Waals surface area contributed by atoms with Crippen LogP contribution in [0.25, 0.3) is 33.8 Å². The van der Waals surface area contributed by atoms with E-state index in [4.69, 9.17) is 0 Å². The summed E-state index contributed by atoms with van der Waals surface area (Å²) in [7, 11) is 0. The number of aliphatic hydroxyl groups is 1. The molecule has 0 radical (unpaired) electrons. The van der Waals surface area contributed by atoms with Crippen LogP contribution in [0.2, 0.25) is 0 Å². The second-order valence-corrected chi connectivity index (χ2v) is 7.88. The van der Waals surface area contributed by atoms with Crippen LogP contribution in [0.1, 0.15) is 16.7 Å². The maximum atomic E-state index is 12.5. The van der Waals surface area contributed by atoms with Crippen LogP contribution in [0, 0.1) is 0 Å². The van der Waals surface area contributed by atoms with Gasteiger partial charge >= 0.3 is 0 Å². The number of benzene rings is 3. The summed E-state index contributed by atoms with van der Waals surface area (Å²) in [5.74, 6) is 0. The third kappa shape index (κ3) is 2.70. The zero-order valence-corrected chi connectivity index (χ0v) is 17.2. The lowest BCUT2D eigenvalue weighted by Crippen LogP contribution is -2.28. The van der Waals surface area contributed by atoms with E-state index in [0.29, 0.717) is 17.0 Å². The maximum Gasteiger partial charge on any atom is 0.145 e. The summed E-state index contributed by atoms with van der Waals surface area (Å²) in [5, 5.41) is 21.6. The molecule has 1 aliphatic carbocycles. The Morgan fingerprint density at radius 3 is 2.00 bits per heavy atom. The van der Waals surface area contributed by atoms with Crippen LogP contribution in [0.5, 0.6) is 0 Å². The zero-order chi connectivity index (χ0) is 21.5. The average molecular weight is 413 g/mol. The van der Waals surface area contributed by atoms with Crippen LogP contribution in [-0.2, 0) is 5.60 Å². The molecule has 0 amide bonds. The summed E-state index contributed by atoms with van der Waals surface area (Å²) in [6, 6.07) is 33.5. The highest BCUT2D eigenvalue weighted by atomic mass is 16.3. The van der Waals surface area contributed by atoms with Crippen molar-refractivity contribution in [1.82, 2.24) is 15.2 Å². The smallest absolute Gasteiger partial charge is 0.145 e. The molecule has 4 nitrogen and oxygen atoms in total. The number of hydrogen-bond acceptors (Lipinski definition) is 4. The van der Waals surface area contributed by atoms with Gasteiger partial charge < -0.3 is 5.11 Å². The molecule has 0 saturated carbocycles. The van der Waals surface area contributed by atoms with Crippen molar-refractivity contribution < 1.29 is 5.11 Å². The lowest BCUT2D eigenvalue weighted by atomic mass is 9.82. The van der Waals surface area contributed by atoms with Gasteiger partial charge in [-0.1, -0.05) is 91.0 Å². The monoisotopic (exact) mass is 413 g/mol. The van der Waals surface area contributed by atoms with Crippen molar-refractivity contribution in [2.75, 3.05) is 0 Å². The van der Waals surface area contributed by atoms with Gasteiger partial charge in [-0.05, 0) is 12.1 Å². The number of fused-ring (bicyclic) bond motifs is 3. The number of aromatic nitrogens is 3. The highest BCUT2D eigenvalue weighted by molar-refractivity contribution is 5.82. The minimum atomic E-state index is -1.40. The first kappa shape index (κ1) is 18.6. The predicted octanol–water partition coefficient (Wildman–Crippen LogP) is 5.47. The fraction of sp³-hybridized carbons (Fsp3) is 0.0357. The molecule has 2 aromatic heterocycles. The summed E-state index contributed by atoms with van der Waals surface area (Å²) in [5.41, 5.74) is 5.79. The van der Waals surface area contributed by atoms with Crippen LogP contribution < -0.4 is 0 Å². The van der Waals surface area contributed by atoms with Gasteiger partial charge in [0.15, 0.2) is 0 Å². The van der Waals surface area contributed by atoms with Crippen LogP contribution in [-0.4, -0.2) is 20.3 Å². The van der Waals surface area contributed by atoms with E-state index < -0.39 is 5.60 Å². The molecule has 0 saturated heterocycles. The molecule has 0 spiro atoms. The first-order valence-electron chi connectivity index (χ1n) is 10.5. The molecule has 1 aliphatic rings. The van der Waals surface area contributed by atoms with Crippen LogP contribution in [0.3, 0.4) is 0 Å². The fourth-order valence-corrected chi connectivity index (χ4v) is 4.58. The van der Waals surface area contributed by atoms with Crippen molar-refractivity contribution >= 4 is 0 Å². The van der Waals surface area contributed by atoms with Crippen molar-refractivity contribution in [1.29, 1.82) is 0 Å². The largest absolute Gasteiger partial charge is 0.376 e. The van der Waals surface area contributed by atoms with Gasteiger partial charge in [-0.3, -0.25) is 4.98 Å². The summed E-state index contributed by atoms with van der Waals surface area (Å²) in [6.45, 7) is 0. The Kier molecular flexibility index (Phi) is 4.20.